The summed E-state index contributed by atoms with van der Waals surface area (Å²) in [6.45, 7) is 1.47. The van der Waals surface area contributed by atoms with E-state index in [2.05, 4.69) is 9.97 Å². The molecule has 2 rings (SSSR count). The molecule has 1 aromatic heterocycles. The van der Waals surface area contributed by atoms with Gasteiger partial charge in [-0.2, -0.15) is 4.39 Å². The van der Waals surface area contributed by atoms with Crippen LogP contribution in [0.5, 0.6) is 0 Å². The first-order chi connectivity index (χ1) is 8.59. The van der Waals surface area contributed by atoms with Gasteiger partial charge in [-0.15, -0.1) is 0 Å². The maximum absolute atomic E-state index is 13.7. The molecule has 0 saturated heterocycles. The Bertz CT molecular complexity index is 532. The van der Waals surface area contributed by atoms with Gasteiger partial charge in [-0.1, -0.05) is 30.3 Å². The molecule has 2 N–H and O–H groups in total. The zero-order valence-corrected chi connectivity index (χ0v) is 9.79. The van der Waals surface area contributed by atoms with Crippen LogP contribution in [-0.2, 0) is 0 Å². The fourth-order valence-corrected chi connectivity index (χ4v) is 1.57. The van der Waals surface area contributed by atoms with Crippen molar-refractivity contribution in [1.82, 2.24) is 9.97 Å². The molecule has 2 aromatic rings. The molecule has 0 amide bonds. The van der Waals surface area contributed by atoms with Crippen LogP contribution in [0.2, 0.25) is 0 Å². The molecular formula is C13H13FN2O2. The average molecular weight is 248 g/mol. The standard InChI is InChI=1S/C13H13FN2O2/c1-8(17)10-7-15-11(13(14)16-10)12(18)9-5-3-2-4-6-9/h2-8,12,17-18H,1H3. The molecule has 2 atom stereocenters. The third-order valence-electron chi connectivity index (χ3n) is 2.58. The second-order valence-corrected chi connectivity index (χ2v) is 3.96. The maximum atomic E-state index is 13.7. The molecule has 18 heavy (non-hydrogen) atoms. The van der Waals surface area contributed by atoms with Gasteiger partial charge in [0.15, 0.2) is 0 Å². The number of aliphatic hydroxyl groups is 2. The number of hydrogen-bond donors (Lipinski definition) is 2. The normalized spacial score (nSPS) is 14.2. The predicted molar refractivity (Wildman–Crippen MR) is 63.1 cm³/mol. The van der Waals surface area contributed by atoms with Crippen LogP contribution in [-0.4, -0.2) is 20.2 Å². The smallest absolute Gasteiger partial charge is 0.238 e. The van der Waals surface area contributed by atoms with E-state index in [0.29, 0.717) is 5.56 Å². The van der Waals surface area contributed by atoms with E-state index in [1.807, 2.05) is 0 Å². The van der Waals surface area contributed by atoms with Crippen molar-refractivity contribution in [3.05, 3.63) is 59.4 Å². The maximum Gasteiger partial charge on any atom is 0.238 e. The molecule has 0 aliphatic carbocycles. The zero-order chi connectivity index (χ0) is 13.1. The molecule has 1 heterocycles. The molecule has 2 unspecified atom stereocenters. The summed E-state index contributed by atoms with van der Waals surface area (Å²) in [6.07, 6.45) is -0.799. The highest BCUT2D eigenvalue weighted by Gasteiger charge is 2.18. The first-order valence-electron chi connectivity index (χ1n) is 5.53. The van der Waals surface area contributed by atoms with Gasteiger partial charge in [0, 0.05) is 0 Å². The monoisotopic (exact) mass is 248 g/mol. The van der Waals surface area contributed by atoms with Gasteiger partial charge in [0.1, 0.15) is 11.8 Å². The van der Waals surface area contributed by atoms with E-state index in [9.17, 15) is 14.6 Å². The number of halogens is 1. The summed E-state index contributed by atoms with van der Waals surface area (Å²) in [5.41, 5.74) is 0.526. The van der Waals surface area contributed by atoms with Crippen LogP contribution in [0.4, 0.5) is 4.39 Å². The Hall–Kier alpha value is -1.85. The Morgan fingerprint density at radius 2 is 1.83 bits per heavy atom. The van der Waals surface area contributed by atoms with Gasteiger partial charge in [-0.25, -0.2) is 4.98 Å². The Morgan fingerprint density at radius 1 is 1.17 bits per heavy atom. The Kier molecular flexibility index (Phi) is 3.64. The molecule has 94 valence electrons. The van der Waals surface area contributed by atoms with E-state index >= 15 is 0 Å². The summed E-state index contributed by atoms with van der Waals surface area (Å²) in [4.78, 5) is 7.41. The van der Waals surface area contributed by atoms with Crippen molar-refractivity contribution in [3.63, 3.8) is 0 Å². The minimum absolute atomic E-state index is 0.136. The summed E-state index contributed by atoms with van der Waals surface area (Å²) < 4.78 is 13.7. The number of hydrogen-bond acceptors (Lipinski definition) is 4. The van der Waals surface area contributed by atoms with Gasteiger partial charge < -0.3 is 10.2 Å². The topological polar surface area (TPSA) is 66.2 Å². The summed E-state index contributed by atoms with van der Waals surface area (Å²) in [5, 5.41) is 19.3. The van der Waals surface area contributed by atoms with Crippen molar-refractivity contribution in [1.29, 1.82) is 0 Å². The molecule has 0 aliphatic rings. The van der Waals surface area contributed by atoms with Crippen molar-refractivity contribution < 1.29 is 14.6 Å². The van der Waals surface area contributed by atoms with Crippen molar-refractivity contribution in [2.24, 2.45) is 0 Å². The SMILES string of the molecule is CC(O)c1cnc(C(O)c2ccccc2)c(F)n1. The lowest BCUT2D eigenvalue weighted by atomic mass is 10.1. The molecule has 0 radical (unpaired) electrons. The van der Waals surface area contributed by atoms with Crippen molar-refractivity contribution in [3.8, 4) is 0 Å². The minimum atomic E-state index is -1.17. The van der Waals surface area contributed by atoms with Gasteiger partial charge in [-0.3, -0.25) is 4.98 Å². The van der Waals surface area contributed by atoms with E-state index in [-0.39, 0.29) is 11.4 Å². The van der Waals surface area contributed by atoms with E-state index in [4.69, 9.17) is 0 Å². The van der Waals surface area contributed by atoms with Gasteiger partial charge in [0.25, 0.3) is 0 Å². The first-order valence-corrected chi connectivity index (χ1v) is 5.53. The lowest BCUT2D eigenvalue weighted by molar-refractivity contribution is 0.187. The second-order valence-electron chi connectivity index (χ2n) is 3.96. The van der Waals surface area contributed by atoms with E-state index in [0.717, 1.165) is 0 Å². The molecule has 0 aliphatic heterocycles. The summed E-state index contributed by atoms with van der Waals surface area (Å²) in [6, 6.07) is 8.64. The first kappa shape index (κ1) is 12.6. The Balaban J connectivity index is 2.34. The van der Waals surface area contributed by atoms with E-state index < -0.39 is 18.2 Å². The molecule has 1 aromatic carbocycles. The van der Waals surface area contributed by atoms with Crippen molar-refractivity contribution in [2.45, 2.75) is 19.1 Å². The van der Waals surface area contributed by atoms with Crippen LogP contribution in [0.15, 0.2) is 36.5 Å². The summed E-state index contributed by atoms with van der Waals surface area (Å²) in [7, 11) is 0. The number of aliphatic hydroxyl groups excluding tert-OH is 2. The molecule has 0 spiro atoms. The largest absolute Gasteiger partial charge is 0.387 e. The highest BCUT2D eigenvalue weighted by atomic mass is 19.1. The predicted octanol–water partition coefficient (Wildman–Crippen LogP) is 1.75. The van der Waals surface area contributed by atoms with E-state index in [1.165, 1.54) is 13.1 Å². The molecule has 5 heteroatoms. The highest BCUT2D eigenvalue weighted by molar-refractivity contribution is 5.25. The summed E-state index contributed by atoms with van der Waals surface area (Å²) >= 11 is 0. The Morgan fingerprint density at radius 3 is 2.39 bits per heavy atom. The van der Waals surface area contributed by atoms with Gasteiger partial charge >= 0.3 is 0 Å². The number of rotatable bonds is 3. The molecule has 4 nitrogen and oxygen atoms in total. The molecule has 0 fully saturated rings. The quantitative estimate of drug-likeness (QED) is 0.868. The third kappa shape index (κ3) is 2.52. The third-order valence-corrected chi connectivity index (χ3v) is 2.58. The van der Waals surface area contributed by atoms with Gasteiger partial charge in [0.2, 0.25) is 5.95 Å². The fourth-order valence-electron chi connectivity index (χ4n) is 1.57. The molecular weight excluding hydrogens is 235 g/mol. The van der Waals surface area contributed by atoms with Gasteiger partial charge in [0.05, 0.1) is 18.0 Å². The van der Waals surface area contributed by atoms with Crippen molar-refractivity contribution >= 4 is 0 Å². The number of nitrogens with zero attached hydrogens (tertiary/aromatic N) is 2. The highest BCUT2D eigenvalue weighted by Crippen LogP contribution is 2.22. The average Bonchev–Trinajstić information content (AvgIpc) is 2.38. The van der Waals surface area contributed by atoms with Crippen LogP contribution >= 0.6 is 0 Å². The van der Waals surface area contributed by atoms with Crippen LogP contribution in [0.3, 0.4) is 0 Å². The second kappa shape index (κ2) is 5.20. The van der Waals surface area contributed by atoms with Crippen molar-refractivity contribution in [2.75, 3.05) is 0 Å². The minimum Gasteiger partial charge on any atom is -0.387 e. The lowest BCUT2D eigenvalue weighted by Crippen LogP contribution is -2.09. The van der Waals surface area contributed by atoms with Crippen LogP contribution < -0.4 is 0 Å². The van der Waals surface area contributed by atoms with E-state index in [1.54, 1.807) is 30.3 Å². The zero-order valence-electron chi connectivity index (χ0n) is 9.79. The number of aromatic nitrogens is 2. The van der Waals surface area contributed by atoms with Crippen LogP contribution in [0.1, 0.15) is 36.1 Å². The Labute approximate surface area is 104 Å². The fraction of sp³-hybridized carbons (Fsp3) is 0.231. The lowest BCUT2D eigenvalue weighted by Gasteiger charge is -2.12. The number of benzene rings is 1. The van der Waals surface area contributed by atoms with Crippen LogP contribution in [0, 0.1) is 5.95 Å². The molecule has 0 bridgehead atoms. The summed E-state index contributed by atoms with van der Waals surface area (Å²) in [5.74, 6) is -0.871. The molecule has 0 saturated carbocycles. The van der Waals surface area contributed by atoms with Gasteiger partial charge in [-0.05, 0) is 12.5 Å². The van der Waals surface area contributed by atoms with Crippen LogP contribution in [0.25, 0.3) is 0 Å².